The summed E-state index contributed by atoms with van der Waals surface area (Å²) in [4.78, 5) is 29.6. The van der Waals surface area contributed by atoms with E-state index in [-0.39, 0.29) is 24.6 Å². The largest absolute Gasteiger partial charge is 0.508 e. The van der Waals surface area contributed by atoms with E-state index in [1.807, 2.05) is 0 Å². The number of nitrogens with zero attached hydrogens (tertiary/aromatic N) is 2. The van der Waals surface area contributed by atoms with Gasteiger partial charge in [-0.15, -0.1) is 0 Å². The molecule has 2 aromatic rings. The summed E-state index contributed by atoms with van der Waals surface area (Å²) in [5.74, 6) is -0.615. The van der Waals surface area contributed by atoms with Crippen LogP contribution < -0.4 is 0 Å². The number of aromatic hydroxyl groups is 1. The van der Waals surface area contributed by atoms with E-state index in [4.69, 9.17) is 0 Å². The van der Waals surface area contributed by atoms with Crippen LogP contribution in [0.5, 0.6) is 5.75 Å². The summed E-state index contributed by atoms with van der Waals surface area (Å²) >= 11 is 0. The van der Waals surface area contributed by atoms with Crippen LogP contribution in [0.2, 0.25) is 0 Å². The minimum atomic E-state index is -1.07. The maximum atomic E-state index is 12.8. The van der Waals surface area contributed by atoms with Crippen molar-refractivity contribution < 1.29 is 19.8 Å². The SMILES string of the molecule is O=C1C(=Cc2ccccn2)CN(C(=O)O)CC1c1ccc(O)cc1. The van der Waals surface area contributed by atoms with Crippen LogP contribution in [-0.2, 0) is 4.79 Å². The van der Waals surface area contributed by atoms with Crippen LogP contribution in [0.15, 0.2) is 54.2 Å². The predicted octanol–water partition coefficient (Wildman–Crippen LogP) is 2.52. The molecule has 6 nitrogen and oxygen atoms in total. The van der Waals surface area contributed by atoms with E-state index in [9.17, 15) is 19.8 Å². The van der Waals surface area contributed by atoms with Crippen molar-refractivity contribution in [3.63, 3.8) is 0 Å². The van der Waals surface area contributed by atoms with Crippen LogP contribution in [-0.4, -0.2) is 45.1 Å². The number of amides is 1. The van der Waals surface area contributed by atoms with Gasteiger partial charge in [-0.2, -0.15) is 0 Å². The van der Waals surface area contributed by atoms with Crippen molar-refractivity contribution in [1.82, 2.24) is 9.88 Å². The van der Waals surface area contributed by atoms with Crippen LogP contribution in [0, 0.1) is 0 Å². The second-order valence-electron chi connectivity index (χ2n) is 5.60. The van der Waals surface area contributed by atoms with Crippen LogP contribution in [0.3, 0.4) is 0 Å². The van der Waals surface area contributed by atoms with Crippen molar-refractivity contribution in [2.24, 2.45) is 0 Å². The number of hydrogen-bond donors (Lipinski definition) is 2. The number of Topliss-reactive ketones (excluding diaryl/α,β-unsaturated/α-hetero) is 1. The number of piperidine rings is 1. The molecule has 1 aromatic carbocycles. The van der Waals surface area contributed by atoms with E-state index in [1.165, 1.54) is 17.0 Å². The molecule has 2 N–H and O–H groups in total. The van der Waals surface area contributed by atoms with E-state index in [0.717, 1.165) is 0 Å². The molecule has 6 heteroatoms. The van der Waals surface area contributed by atoms with Crippen LogP contribution in [0.4, 0.5) is 4.79 Å². The summed E-state index contributed by atoms with van der Waals surface area (Å²) < 4.78 is 0. The van der Waals surface area contributed by atoms with E-state index in [2.05, 4.69) is 4.98 Å². The number of rotatable bonds is 2. The Bertz CT molecular complexity index is 784. The zero-order valence-electron chi connectivity index (χ0n) is 12.8. The molecule has 122 valence electrons. The molecule has 0 aliphatic carbocycles. The fourth-order valence-corrected chi connectivity index (χ4v) is 2.74. The number of aromatic nitrogens is 1. The molecule has 1 atom stereocenters. The van der Waals surface area contributed by atoms with Gasteiger partial charge < -0.3 is 15.1 Å². The Hall–Kier alpha value is -3.15. The van der Waals surface area contributed by atoms with Crippen molar-refractivity contribution in [3.8, 4) is 5.75 Å². The lowest BCUT2D eigenvalue weighted by atomic mass is 9.86. The van der Waals surface area contributed by atoms with Crippen LogP contribution in [0.25, 0.3) is 6.08 Å². The van der Waals surface area contributed by atoms with Crippen molar-refractivity contribution in [1.29, 1.82) is 0 Å². The van der Waals surface area contributed by atoms with Gasteiger partial charge in [-0.1, -0.05) is 18.2 Å². The van der Waals surface area contributed by atoms with E-state index < -0.39 is 12.0 Å². The van der Waals surface area contributed by atoms with Gasteiger partial charge in [-0.3, -0.25) is 9.78 Å². The van der Waals surface area contributed by atoms with Gasteiger partial charge in [0.15, 0.2) is 5.78 Å². The number of hydrogen-bond acceptors (Lipinski definition) is 4. The first kappa shape index (κ1) is 15.7. The molecule has 3 rings (SSSR count). The molecular weight excluding hydrogens is 308 g/mol. The molecule has 1 aromatic heterocycles. The Morgan fingerprint density at radius 1 is 1.21 bits per heavy atom. The highest BCUT2D eigenvalue weighted by Crippen LogP contribution is 2.29. The average molecular weight is 324 g/mol. The molecule has 2 heterocycles. The molecule has 1 unspecified atom stereocenters. The number of benzene rings is 1. The molecule has 0 saturated carbocycles. The first-order chi connectivity index (χ1) is 11.5. The van der Waals surface area contributed by atoms with Crippen molar-refractivity contribution >= 4 is 18.0 Å². The molecule has 0 bridgehead atoms. The summed E-state index contributed by atoms with van der Waals surface area (Å²) in [6, 6.07) is 11.6. The topological polar surface area (TPSA) is 90.7 Å². The molecule has 1 saturated heterocycles. The van der Waals surface area contributed by atoms with Crippen molar-refractivity contribution in [2.45, 2.75) is 5.92 Å². The van der Waals surface area contributed by atoms with Crippen molar-refractivity contribution in [3.05, 3.63) is 65.5 Å². The number of ketones is 1. The van der Waals surface area contributed by atoms with Crippen molar-refractivity contribution in [2.75, 3.05) is 13.1 Å². The number of carbonyl (C=O) groups excluding carboxylic acids is 1. The highest BCUT2D eigenvalue weighted by Gasteiger charge is 2.34. The molecule has 1 fully saturated rings. The van der Waals surface area contributed by atoms with Gasteiger partial charge in [0.05, 0.1) is 18.2 Å². The Kier molecular flexibility index (Phi) is 4.29. The third kappa shape index (κ3) is 3.27. The monoisotopic (exact) mass is 324 g/mol. The molecule has 1 aliphatic rings. The smallest absolute Gasteiger partial charge is 0.407 e. The number of carbonyl (C=O) groups is 2. The third-order valence-electron chi connectivity index (χ3n) is 3.97. The lowest BCUT2D eigenvalue weighted by Gasteiger charge is -2.31. The standard InChI is InChI=1S/C18H16N2O4/c21-15-6-4-12(5-7-15)16-11-20(18(23)24)10-13(17(16)22)9-14-3-1-2-8-19-14/h1-9,16,21H,10-11H2,(H,23,24). The molecule has 24 heavy (non-hydrogen) atoms. The molecule has 0 radical (unpaired) electrons. The zero-order chi connectivity index (χ0) is 17.1. The maximum Gasteiger partial charge on any atom is 0.407 e. The summed E-state index contributed by atoms with van der Waals surface area (Å²) in [6.07, 6.45) is 2.18. The highest BCUT2D eigenvalue weighted by atomic mass is 16.4. The predicted molar refractivity (Wildman–Crippen MR) is 87.7 cm³/mol. The average Bonchev–Trinajstić information content (AvgIpc) is 2.58. The van der Waals surface area contributed by atoms with Crippen LogP contribution in [0.1, 0.15) is 17.2 Å². The highest BCUT2D eigenvalue weighted by molar-refractivity contribution is 6.05. The molecule has 1 amide bonds. The van der Waals surface area contributed by atoms with Gasteiger partial charge in [0.1, 0.15) is 5.75 Å². The lowest BCUT2D eigenvalue weighted by Crippen LogP contribution is -2.43. The minimum Gasteiger partial charge on any atom is -0.508 e. The van der Waals surface area contributed by atoms with Crippen LogP contribution >= 0.6 is 0 Å². The number of pyridine rings is 1. The second kappa shape index (κ2) is 6.54. The second-order valence-corrected chi connectivity index (χ2v) is 5.60. The summed E-state index contributed by atoms with van der Waals surface area (Å²) in [5.41, 5.74) is 1.69. The number of phenols is 1. The summed E-state index contributed by atoms with van der Waals surface area (Å²) in [6.45, 7) is 0.137. The van der Waals surface area contributed by atoms with Gasteiger partial charge in [0.25, 0.3) is 0 Å². The van der Waals surface area contributed by atoms with E-state index in [0.29, 0.717) is 16.8 Å². The Morgan fingerprint density at radius 3 is 2.58 bits per heavy atom. The first-order valence-electron chi connectivity index (χ1n) is 7.47. The molecular formula is C18H16N2O4. The zero-order valence-corrected chi connectivity index (χ0v) is 12.8. The fraction of sp³-hybridized carbons (Fsp3) is 0.167. The van der Waals surface area contributed by atoms with Gasteiger partial charge in [-0.25, -0.2) is 4.79 Å². The minimum absolute atomic E-state index is 0.0410. The van der Waals surface area contributed by atoms with Gasteiger partial charge in [-0.05, 0) is 35.9 Å². The van der Waals surface area contributed by atoms with E-state index in [1.54, 1.807) is 42.6 Å². The molecule has 1 aliphatic heterocycles. The third-order valence-corrected chi connectivity index (χ3v) is 3.97. The normalized spacial score (nSPS) is 19.5. The fourth-order valence-electron chi connectivity index (χ4n) is 2.74. The summed E-state index contributed by atoms with van der Waals surface area (Å²) in [7, 11) is 0. The van der Waals surface area contributed by atoms with Gasteiger partial charge in [0, 0.05) is 18.3 Å². The van der Waals surface area contributed by atoms with Gasteiger partial charge in [0.2, 0.25) is 0 Å². The Labute approximate surface area is 138 Å². The number of carboxylic acid groups (broad SMARTS) is 1. The van der Waals surface area contributed by atoms with E-state index >= 15 is 0 Å². The molecule has 0 spiro atoms. The lowest BCUT2D eigenvalue weighted by molar-refractivity contribution is -0.118. The Morgan fingerprint density at radius 2 is 1.96 bits per heavy atom. The maximum absolute atomic E-state index is 12.8. The summed E-state index contributed by atoms with van der Waals surface area (Å²) in [5, 5.41) is 18.7. The first-order valence-corrected chi connectivity index (χ1v) is 7.47. The Balaban J connectivity index is 1.97. The number of phenolic OH excluding ortho intramolecular Hbond substituents is 1. The number of likely N-dealkylation sites (tertiary alicyclic amines) is 1. The van der Waals surface area contributed by atoms with Gasteiger partial charge >= 0.3 is 6.09 Å². The quantitative estimate of drug-likeness (QED) is 0.828.